The molecule has 0 aliphatic carbocycles. The van der Waals surface area contributed by atoms with E-state index in [0.29, 0.717) is 19.3 Å². The fourth-order valence-electron chi connectivity index (χ4n) is 8.02. The van der Waals surface area contributed by atoms with Crippen LogP contribution in [0.3, 0.4) is 0 Å². The van der Waals surface area contributed by atoms with Gasteiger partial charge in [0.05, 0.1) is 0 Å². The number of allylic oxidation sites excluding steroid dienone is 4. The summed E-state index contributed by atoms with van der Waals surface area (Å²) in [6, 6.07) is 0. The molecule has 364 valence electrons. The van der Waals surface area contributed by atoms with Crippen molar-refractivity contribution in [1.82, 2.24) is 0 Å². The van der Waals surface area contributed by atoms with E-state index in [1.807, 2.05) is 0 Å². The normalized spacial score (nSPS) is 12.1. The van der Waals surface area contributed by atoms with Crippen molar-refractivity contribution in [1.29, 1.82) is 0 Å². The van der Waals surface area contributed by atoms with Crippen LogP contribution in [0.5, 0.6) is 0 Å². The number of ether oxygens (including phenoxy) is 3. The highest BCUT2D eigenvalue weighted by Gasteiger charge is 2.19. The lowest BCUT2D eigenvalue weighted by atomic mass is 10.0. The molecule has 6 heteroatoms. The molecule has 0 heterocycles. The minimum absolute atomic E-state index is 0.0720. The summed E-state index contributed by atoms with van der Waals surface area (Å²) >= 11 is 0. The number of carbonyl (C=O) groups excluding carboxylic acids is 3. The third-order valence-corrected chi connectivity index (χ3v) is 12.2. The van der Waals surface area contributed by atoms with E-state index in [0.717, 1.165) is 64.2 Å². The van der Waals surface area contributed by atoms with Crippen molar-refractivity contribution in [2.45, 2.75) is 303 Å². The summed E-state index contributed by atoms with van der Waals surface area (Å²) in [5, 5.41) is 0. The molecule has 0 fully saturated rings. The summed E-state index contributed by atoms with van der Waals surface area (Å²) in [5.41, 5.74) is 0. The van der Waals surface area contributed by atoms with Gasteiger partial charge in [0.2, 0.25) is 0 Å². The monoisotopic (exact) mass is 873 g/mol. The Morgan fingerprint density at radius 2 is 0.532 bits per heavy atom. The molecule has 6 nitrogen and oxygen atoms in total. The van der Waals surface area contributed by atoms with E-state index in [1.54, 1.807) is 0 Å². The van der Waals surface area contributed by atoms with Crippen molar-refractivity contribution in [2.75, 3.05) is 13.2 Å². The van der Waals surface area contributed by atoms with Crippen molar-refractivity contribution in [3.05, 3.63) is 24.3 Å². The van der Waals surface area contributed by atoms with Gasteiger partial charge in [0, 0.05) is 19.3 Å². The van der Waals surface area contributed by atoms with Gasteiger partial charge in [-0.05, 0) is 70.6 Å². The molecule has 0 aromatic rings. The molecule has 0 N–H and O–H groups in total. The Morgan fingerprint density at radius 3 is 0.806 bits per heavy atom. The first-order valence-corrected chi connectivity index (χ1v) is 27.3. The zero-order valence-corrected chi connectivity index (χ0v) is 41.7. The minimum Gasteiger partial charge on any atom is -0.462 e. The predicted molar refractivity (Wildman–Crippen MR) is 266 cm³/mol. The first-order chi connectivity index (χ1) is 30.5. The molecule has 0 unspecified atom stereocenters. The van der Waals surface area contributed by atoms with Crippen LogP contribution in [-0.2, 0) is 28.6 Å². The topological polar surface area (TPSA) is 78.9 Å². The predicted octanol–water partition coefficient (Wildman–Crippen LogP) is 17.9. The Kier molecular flexibility index (Phi) is 49.8. The average Bonchev–Trinajstić information content (AvgIpc) is 3.27. The number of esters is 3. The maximum absolute atomic E-state index is 12.8. The number of unbranched alkanes of at least 4 members (excludes halogenated alkanes) is 35. The average molecular weight is 873 g/mol. The van der Waals surface area contributed by atoms with Crippen LogP contribution in [0.25, 0.3) is 0 Å². The molecular formula is C56H104O6. The first-order valence-electron chi connectivity index (χ1n) is 27.3. The quantitative estimate of drug-likeness (QED) is 0.0262. The number of hydrogen-bond acceptors (Lipinski definition) is 6. The lowest BCUT2D eigenvalue weighted by Crippen LogP contribution is -2.30. The summed E-state index contributed by atoms with van der Waals surface area (Å²) in [5.74, 6) is -0.870. The smallest absolute Gasteiger partial charge is 0.306 e. The summed E-state index contributed by atoms with van der Waals surface area (Å²) < 4.78 is 16.8. The molecule has 0 spiro atoms. The summed E-state index contributed by atoms with van der Waals surface area (Å²) in [6.07, 6.45) is 58.7. The van der Waals surface area contributed by atoms with Gasteiger partial charge in [-0.3, -0.25) is 14.4 Å². The number of carbonyl (C=O) groups is 3. The van der Waals surface area contributed by atoms with Crippen molar-refractivity contribution in [3.8, 4) is 0 Å². The Morgan fingerprint density at radius 1 is 0.306 bits per heavy atom. The molecule has 0 saturated heterocycles. The minimum atomic E-state index is -0.772. The Hall–Kier alpha value is -2.11. The molecule has 0 saturated carbocycles. The SMILES string of the molecule is CCCCCCC/C=C\CCCCCCCC(=O)O[C@@H](COC(=O)CCCCCCCCC/C=C\CCCCCCCC)COC(=O)CCCCCCCCCCCCCCC. The molecular weight excluding hydrogens is 769 g/mol. The highest BCUT2D eigenvalue weighted by atomic mass is 16.6. The Labute approximate surface area is 385 Å². The van der Waals surface area contributed by atoms with Gasteiger partial charge in [-0.2, -0.15) is 0 Å². The van der Waals surface area contributed by atoms with Gasteiger partial charge >= 0.3 is 17.9 Å². The summed E-state index contributed by atoms with van der Waals surface area (Å²) in [6.45, 7) is 6.65. The molecule has 0 aliphatic rings. The lowest BCUT2D eigenvalue weighted by Gasteiger charge is -2.18. The molecule has 0 radical (unpaired) electrons. The van der Waals surface area contributed by atoms with Crippen LogP contribution in [0, 0.1) is 0 Å². The van der Waals surface area contributed by atoms with Crippen LogP contribution in [0.15, 0.2) is 24.3 Å². The standard InChI is InChI=1S/C56H104O6/c1-4-7-10-13-16-19-22-25-27-28-29-32-34-37-40-43-46-49-55(58)61-52-53(51-60-54(57)48-45-42-39-36-33-30-24-21-18-15-12-9-6-3)62-56(59)50-47-44-41-38-35-31-26-23-20-17-14-11-8-5-2/h23,25-27,53H,4-22,24,28-52H2,1-3H3/b26-23-,27-25-/t53-/m1/s1. The Balaban J connectivity index is 4.34. The van der Waals surface area contributed by atoms with E-state index in [-0.39, 0.29) is 31.1 Å². The maximum atomic E-state index is 12.8. The highest BCUT2D eigenvalue weighted by Crippen LogP contribution is 2.16. The van der Waals surface area contributed by atoms with E-state index in [1.165, 1.54) is 193 Å². The molecule has 0 aliphatic heterocycles. The van der Waals surface area contributed by atoms with E-state index in [4.69, 9.17) is 14.2 Å². The van der Waals surface area contributed by atoms with Crippen LogP contribution < -0.4 is 0 Å². The fraction of sp³-hybridized carbons (Fsp3) is 0.875. The number of hydrogen-bond donors (Lipinski definition) is 0. The lowest BCUT2D eigenvalue weighted by molar-refractivity contribution is -0.167. The van der Waals surface area contributed by atoms with Gasteiger partial charge in [0.15, 0.2) is 6.10 Å². The highest BCUT2D eigenvalue weighted by molar-refractivity contribution is 5.71. The van der Waals surface area contributed by atoms with Crippen molar-refractivity contribution in [2.24, 2.45) is 0 Å². The van der Waals surface area contributed by atoms with Crippen LogP contribution in [0.4, 0.5) is 0 Å². The van der Waals surface area contributed by atoms with E-state index < -0.39 is 6.10 Å². The fourth-order valence-corrected chi connectivity index (χ4v) is 8.02. The second-order valence-electron chi connectivity index (χ2n) is 18.5. The van der Waals surface area contributed by atoms with Gasteiger partial charge < -0.3 is 14.2 Å². The van der Waals surface area contributed by atoms with Gasteiger partial charge in [-0.25, -0.2) is 0 Å². The van der Waals surface area contributed by atoms with Crippen LogP contribution in [0.2, 0.25) is 0 Å². The van der Waals surface area contributed by atoms with Crippen molar-refractivity contribution in [3.63, 3.8) is 0 Å². The van der Waals surface area contributed by atoms with Crippen LogP contribution in [0.1, 0.15) is 297 Å². The summed E-state index contributed by atoms with van der Waals surface area (Å²) in [7, 11) is 0. The van der Waals surface area contributed by atoms with E-state index in [9.17, 15) is 14.4 Å². The Bertz CT molecular complexity index is 1000. The van der Waals surface area contributed by atoms with Crippen LogP contribution in [-0.4, -0.2) is 37.2 Å². The third-order valence-electron chi connectivity index (χ3n) is 12.2. The van der Waals surface area contributed by atoms with Gasteiger partial charge in [-0.1, -0.05) is 231 Å². The zero-order chi connectivity index (χ0) is 45.1. The van der Waals surface area contributed by atoms with E-state index in [2.05, 4.69) is 45.1 Å². The molecule has 0 aromatic carbocycles. The largest absolute Gasteiger partial charge is 0.462 e. The molecule has 1 atom stereocenters. The first kappa shape index (κ1) is 59.9. The van der Waals surface area contributed by atoms with Gasteiger partial charge in [0.1, 0.15) is 13.2 Å². The van der Waals surface area contributed by atoms with Crippen molar-refractivity contribution < 1.29 is 28.6 Å². The zero-order valence-electron chi connectivity index (χ0n) is 41.7. The maximum Gasteiger partial charge on any atom is 0.306 e. The second kappa shape index (κ2) is 51.5. The van der Waals surface area contributed by atoms with Gasteiger partial charge in [0.25, 0.3) is 0 Å². The molecule has 0 bridgehead atoms. The third kappa shape index (κ3) is 48.9. The van der Waals surface area contributed by atoms with Crippen molar-refractivity contribution >= 4 is 17.9 Å². The van der Waals surface area contributed by atoms with E-state index >= 15 is 0 Å². The molecule has 0 aromatic heterocycles. The second-order valence-corrected chi connectivity index (χ2v) is 18.5. The number of rotatable bonds is 50. The molecule has 62 heavy (non-hydrogen) atoms. The summed E-state index contributed by atoms with van der Waals surface area (Å²) in [4.78, 5) is 38.0. The molecule has 0 rings (SSSR count). The van der Waals surface area contributed by atoms with Gasteiger partial charge in [-0.15, -0.1) is 0 Å². The molecule has 0 amide bonds. The van der Waals surface area contributed by atoms with Crippen LogP contribution >= 0.6 is 0 Å².